The first-order valence-corrected chi connectivity index (χ1v) is 15.4. The minimum absolute atomic E-state index is 0.0288. The number of hydrogen-bond donors (Lipinski definition) is 2. The second-order valence-electron chi connectivity index (χ2n) is 11.1. The summed E-state index contributed by atoms with van der Waals surface area (Å²) in [6.45, 7) is 3.32. The lowest BCUT2D eigenvalue weighted by Crippen LogP contribution is -2.39. The molecule has 0 aliphatic carbocycles. The van der Waals surface area contributed by atoms with E-state index in [-0.39, 0.29) is 23.2 Å². The Labute approximate surface area is 266 Å². The molecule has 0 atom stereocenters. The number of phenolic OH excluding ortho intramolecular Hbond substituents is 2. The molecule has 0 aromatic heterocycles. The molecule has 6 rings (SSSR count). The number of hydrogen-bond acceptors (Lipinski definition) is 3. The minimum atomic E-state index is -0.0678. The highest BCUT2D eigenvalue weighted by atomic mass is 16.3. The molecule has 0 amide bonds. The van der Waals surface area contributed by atoms with E-state index < -0.39 is 0 Å². The number of quaternary nitrogens is 1. The fourth-order valence-corrected chi connectivity index (χ4v) is 5.85. The summed E-state index contributed by atoms with van der Waals surface area (Å²) < 4.78 is 0.774. The molecule has 0 fully saturated rings. The SMILES string of the molecule is CCCC[N+](c1ccccc1)(c1ccccc1)c1ccccc1.[O-]c1ccc(C(c2ccc(O)cc2)c2ccc(O)cc2)cc1. The summed E-state index contributed by atoms with van der Waals surface area (Å²) in [4.78, 5) is 0. The summed E-state index contributed by atoms with van der Waals surface area (Å²) in [5.74, 6) is 0.326. The highest BCUT2D eigenvalue weighted by molar-refractivity contribution is 5.70. The van der Waals surface area contributed by atoms with Crippen LogP contribution in [0.1, 0.15) is 42.4 Å². The summed E-state index contributed by atoms with van der Waals surface area (Å²) in [5.41, 5.74) is 6.94. The number of nitrogens with zero attached hydrogens (tertiary/aromatic N) is 1. The van der Waals surface area contributed by atoms with Crippen LogP contribution in [0.2, 0.25) is 0 Å². The average molecular weight is 594 g/mol. The van der Waals surface area contributed by atoms with Crippen LogP contribution in [0.4, 0.5) is 17.1 Å². The third-order valence-corrected chi connectivity index (χ3v) is 8.10. The fourth-order valence-electron chi connectivity index (χ4n) is 5.85. The zero-order chi connectivity index (χ0) is 31.5. The number of unbranched alkanes of at least 4 members (excludes halogenated alkanes) is 1. The summed E-state index contributed by atoms with van der Waals surface area (Å²) in [6.07, 6.45) is 2.37. The largest absolute Gasteiger partial charge is 0.872 e. The summed E-state index contributed by atoms with van der Waals surface area (Å²) in [7, 11) is 0. The lowest BCUT2D eigenvalue weighted by atomic mass is 9.85. The summed E-state index contributed by atoms with van der Waals surface area (Å²) in [5, 5.41) is 30.3. The third-order valence-electron chi connectivity index (χ3n) is 8.10. The quantitative estimate of drug-likeness (QED) is 0.130. The molecule has 0 radical (unpaired) electrons. The van der Waals surface area contributed by atoms with Crippen LogP contribution in [0, 0.1) is 0 Å². The molecule has 226 valence electrons. The van der Waals surface area contributed by atoms with Crippen molar-refractivity contribution in [2.45, 2.75) is 25.7 Å². The molecule has 2 N–H and O–H groups in total. The highest BCUT2D eigenvalue weighted by Gasteiger charge is 2.35. The standard InChI is InChI=1S/C22H24N.C19H16O3/c1-2-3-19-23(20-13-7-4-8-14-20,21-15-9-5-10-16-21)22-17-11-6-12-18-22;20-16-7-1-13(2-8-16)19(14-3-9-17(21)10-4-14)15-5-11-18(22)12-6-15/h4-18H,2-3,19H2,1H3;1-12,19-22H/q+1;/p-1. The minimum Gasteiger partial charge on any atom is -0.872 e. The maximum Gasteiger partial charge on any atom is 0.143 e. The molecule has 4 nitrogen and oxygen atoms in total. The lowest BCUT2D eigenvalue weighted by Gasteiger charge is -2.37. The van der Waals surface area contributed by atoms with Crippen LogP contribution in [0.15, 0.2) is 164 Å². The van der Waals surface area contributed by atoms with Gasteiger partial charge in [0.1, 0.15) is 28.6 Å². The van der Waals surface area contributed by atoms with Crippen molar-refractivity contribution < 1.29 is 15.3 Å². The number of rotatable bonds is 9. The molecule has 45 heavy (non-hydrogen) atoms. The fraction of sp³-hybridized carbons (Fsp3) is 0.122. The number of para-hydroxylation sites is 3. The third kappa shape index (κ3) is 7.43. The Hall–Kier alpha value is -5.32. The van der Waals surface area contributed by atoms with E-state index in [1.807, 2.05) is 36.4 Å². The second-order valence-corrected chi connectivity index (χ2v) is 11.1. The average Bonchev–Trinajstić information content (AvgIpc) is 3.09. The normalized spacial score (nSPS) is 11.1. The van der Waals surface area contributed by atoms with Crippen molar-refractivity contribution in [3.8, 4) is 17.2 Å². The first kappa shape index (κ1) is 31.1. The van der Waals surface area contributed by atoms with Gasteiger partial charge in [0, 0.05) is 5.92 Å². The monoisotopic (exact) mass is 593 g/mol. The smallest absolute Gasteiger partial charge is 0.143 e. The van der Waals surface area contributed by atoms with E-state index in [1.54, 1.807) is 36.4 Å². The Balaban J connectivity index is 0.000000178. The van der Waals surface area contributed by atoms with Crippen molar-refractivity contribution in [1.82, 2.24) is 4.48 Å². The molecule has 0 saturated heterocycles. The van der Waals surface area contributed by atoms with Crippen LogP contribution >= 0.6 is 0 Å². The van der Waals surface area contributed by atoms with Gasteiger partial charge in [-0.05, 0) is 83.8 Å². The van der Waals surface area contributed by atoms with Crippen LogP contribution in [0.25, 0.3) is 0 Å². The molecule has 0 aliphatic heterocycles. The van der Waals surface area contributed by atoms with Gasteiger partial charge in [0.25, 0.3) is 0 Å². The van der Waals surface area contributed by atoms with Gasteiger partial charge in [0.15, 0.2) is 0 Å². The molecule has 6 aromatic rings. The predicted octanol–water partition coefficient (Wildman–Crippen LogP) is 9.81. The molecule has 4 heteroatoms. The maximum atomic E-state index is 11.3. The van der Waals surface area contributed by atoms with Gasteiger partial charge < -0.3 is 15.3 Å². The van der Waals surface area contributed by atoms with Crippen molar-refractivity contribution >= 4 is 17.1 Å². The first-order chi connectivity index (χ1) is 22.0. The predicted molar refractivity (Wildman–Crippen MR) is 183 cm³/mol. The Morgan fingerprint density at radius 3 is 1.16 bits per heavy atom. The topological polar surface area (TPSA) is 63.5 Å². The highest BCUT2D eigenvalue weighted by Crippen LogP contribution is 2.43. The molecular weight excluding hydrogens is 554 g/mol. The van der Waals surface area contributed by atoms with Gasteiger partial charge >= 0.3 is 0 Å². The molecule has 0 heterocycles. The van der Waals surface area contributed by atoms with Crippen LogP contribution in [-0.4, -0.2) is 16.8 Å². The number of aromatic hydroxyl groups is 2. The Morgan fingerprint density at radius 2 is 0.822 bits per heavy atom. The molecule has 0 unspecified atom stereocenters. The Morgan fingerprint density at radius 1 is 0.489 bits per heavy atom. The molecular formula is C41H39NO3. The molecule has 0 spiro atoms. The van der Waals surface area contributed by atoms with Crippen LogP contribution in [-0.2, 0) is 0 Å². The molecule has 0 saturated carbocycles. The van der Waals surface area contributed by atoms with Gasteiger partial charge in [-0.15, -0.1) is 5.75 Å². The molecule has 6 aromatic carbocycles. The van der Waals surface area contributed by atoms with E-state index in [9.17, 15) is 15.3 Å². The van der Waals surface area contributed by atoms with E-state index in [2.05, 4.69) is 97.9 Å². The maximum absolute atomic E-state index is 11.3. The van der Waals surface area contributed by atoms with Crippen LogP contribution in [0.5, 0.6) is 17.2 Å². The van der Waals surface area contributed by atoms with Crippen LogP contribution < -0.4 is 9.59 Å². The van der Waals surface area contributed by atoms with Crippen molar-refractivity contribution in [2.75, 3.05) is 6.54 Å². The number of benzene rings is 6. The Kier molecular flexibility index (Phi) is 10.3. The lowest BCUT2D eigenvalue weighted by molar-refractivity contribution is -0.268. The van der Waals surface area contributed by atoms with Crippen molar-refractivity contribution in [3.05, 3.63) is 180 Å². The van der Waals surface area contributed by atoms with Crippen molar-refractivity contribution in [1.29, 1.82) is 0 Å². The van der Waals surface area contributed by atoms with Crippen molar-refractivity contribution in [3.63, 3.8) is 0 Å². The summed E-state index contributed by atoms with van der Waals surface area (Å²) >= 11 is 0. The van der Waals surface area contributed by atoms with Gasteiger partial charge in [-0.25, -0.2) is 4.48 Å². The van der Waals surface area contributed by atoms with Gasteiger partial charge in [-0.2, -0.15) is 0 Å². The summed E-state index contributed by atoms with van der Waals surface area (Å²) in [6, 6.07) is 53.3. The zero-order valence-electron chi connectivity index (χ0n) is 25.5. The Bertz CT molecular complexity index is 1520. The van der Waals surface area contributed by atoms with Gasteiger partial charge in [0.05, 0.1) is 6.54 Å². The van der Waals surface area contributed by atoms with E-state index >= 15 is 0 Å². The first-order valence-electron chi connectivity index (χ1n) is 15.4. The van der Waals surface area contributed by atoms with E-state index in [1.165, 1.54) is 29.9 Å². The number of phenols is 2. The van der Waals surface area contributed by atoms with E-state index in [0.29, 0.717) is 0 Å². The van der Waals surface area contributed by atoms with Gasteiger partial charge in [-0.1, -0.05) is 116 Å². The van der Waals surface area contributed by atoms with E-state index in [4.69, 9.17) is 0 Å². The van der Waals surface area contributed by atoms with Crippen LogP contribution in [0.3, 0.4) is 0 Å². The zero-order valence-corrected chi connectivity index (χ0v) is 25.5. The second kappa shape index (κ2) is 14.9. The van der Waals surface area contributed by atoms with E-state index in [0.717, 1.165) is 27.7 Å². The van der Waals surface area contributed by atoms with Gasteiger partial charge in [0.2, 0.25) is 0 Å². The van der Waals surface area contributed by atoms with Gasteiger partial charge in [-0.3, -0.25) is 0 Å². The molecule has 0 bridgehead atoms. The molecule has 0 aliphatic rings. The van der Waals surface area contributed by atoms with Crippen molar-refractivity contribution in [2.24, 2.45) is 0 Å².